The summed E-state index contributed by atoms with van der Waals surface area (Å²) in [6.45, 7) is 0.641. The van der Waals surface area contributed by atoms with Gasteiger partial charge >= 0.3 is 0 Å². The molecule has 108 valence electrons. The van der Waals surface area contributed by atoms with Crippen LogP contribution in [-0.4, -0.2) is 32.5 Å². The predicted molar refractivity (Wildman–Crippen MR) is 74.2 cm³/mol. The lowest BCUT2D eigenvalue weighted by atomic mass is 9.90. The van der Waals surface area contributed by atoms with Crippen LogP contribution < -0.4 is 14.8 Å². The van der Waals surface area contributed by atoms with E-state index in [0.29, 0.717) is 30.0 Å². The zero-order valence-electron chi connectivity index (χ0n) is 11.8. The van der Waals surface area contributed by atoms with Crippen LogP contribution in [0.25, 0.3) is 0 Å². The molecule has 2 rings (SSSR count). The molecular formula is C15H19NO4. The highest BCUT2D eigenvalue weighted by Crippen LogP contribution is 2.29. The third-order valence-corrected chi connectivity index (χ3v) is 3.53. The summed E-state index contributed by atoms with van der Waals surface area (Å²) < 4.78 is 10.4. The first-order chi connectivity index (χ1) is 9.65. The molecule has 20 heavy (non-hydrogen) atoms. The van der Waals surface area contributed by atoms with Gasteiger partial charge in [-0.2, -0.15) is 0 Å². The molecule has 1 heterocycles. The normalized spacial score (nSPS) is 18.9. The van der Waals surface area contributed by atoms with Gasteiger partial charge < -0.3 is 14.8 Å². The largest absolute Gasteiger partial charge is 0.497 e. The van der Waals surface area contributed by atoms with Crippen molar-refractivity contribution in [2.24, 2.45) is 5.92 Å². The molecule has 1 aliphatic heterocycles. The Morgan fingerprint density at radius 2 is 2.10 bits per heavy atom. The Morgan fingerprint density at radius 3 is 2.80 bits per heavy atom. The lowest BCUT2D eigenvalue weighted by molar-refractivity contribution is -0.121. The molecule has 1 saturated heterocycles. The number of Topliss-reactive ketones (excluding diaryl/α,β-unsaturated/α-hetero) is 1. The number of benzene rings is 1. The lowest BCUT2D eigenvalue weighted by Crippen LogP contribution is -2.24. The van der Waals surface area contributed by atoms with Gasteiger partial charge in [0, 0.05) is 24.9 Å². The summed E-state index contributed by atoms with van der Waals surface area (Å²) in [6, 6.07) is 5.11. The average Bonchev–Trinajstić information content (AvgIpc) is 2.70. The van der Waals surface area contributed by atoms with E-state index in [2.05, 4.69) is 5.32 Å². The van der Waals surface area contributed by atoms with Crippen molar-refractivity contribution in [2.45, 2.75) is 19.3 Å². The Hall–Kier alpha value is -2.04. The second-order valence-electron chi connectivity index (χ2n) is 4.82. The van der Waals surface area contributed by atoms with Crippen LogP contribution in [0.5, 0.6) is 11.5 Å². The first kappa shape index (κ1) is 14.4. The van der Waals surface area contributed by atoms with E-state index < -0.39 is 0 Å². The van der Waals surface area contributed by atoms with Crippen molar-refractivity contribution < 1.29 is 19.1 Å². The quantitative estimate of drug-likeness (QED) is 0.852. The van der Waals surface area contributed by atoms with Crippen molar-refractivity contribution >= 4 is 11.7 Å². The summed E-state index contributed by atoms with van der Waals surface area (Å²) in [7, 11) is 3.08. The van der Waals surface area contributed by atoms with Gasteiger partial charge in [0.15, 0.2) is 5.78 Å². The first-order valence-corrected chi connectivity index (χ1v) is 6.68. The van der Waals surface area contributed by atoms with E-state index in [4.69, 9.17) is 9.47 Å². The van der Waals surface area contributed by atoms with Crippen molar-refractivity contribution in [3.05, 3.63) is 23.8 Å². The highest BCUT2D eigenvalue weighted by molar-refractivity contribution is 6.02. The number of ether oxygens (including phenoxy) is 2. The predicted octanol–water partition coefficient (Wildman–Crippen LogP) is 1.80. The van der Waals surface area contributed by atoms with Gasteiger partial charge in [0.1, 0.15) is 11.5 Å². The minimum absolute atomic E-state index is 0.0402. The van der Waals surface area contributed by atoms with E-state index in [-0.39, 0.29) is 24.0 Å². The Balaban J connectivity index is 2.25. The number of rotatable bonds is 4. The second kappa shape index (κ2) is 6.41. The van der Waals surface area contributed by atoms with Crippen molar-refractivity contribution in [2.75, 3.05) is 20.8 Å². The molecule has 0 spiro atoms. The Labute approximate surface area is 118 Å². The van der Waals surface area contributed by atoms with Gasteiger partial charge in [-0.3, -0.25) is 9.59 Å². The van der Waals surface area contributed by atoms with Crippen LogP contribution in [0.4, 0.5) is 0 Å². The van der Waals surface area contributed by atoms with Gasteiger partial charge in [-0.25, -0.2) is 0 Å². The van der Waals surface area contributed by atoms with Crippen molar-refractivity contribution in [3.8, 4) is 11.5 Å². The molecule has 0 saturated carbocycles. The molecule has 0 aliphatic carbocycles. The molecule has 5 heteroatoms. The van der Waals surface area contributed by atoms with Crippen molar-refractivity contribution in [1.82, 2.24) is 5.32 Å². The maximum Gasteiger partial charge on any atom is 0.220 e. The number of hydrogen-bond acceptors (Lipinski definition) is 4. The molecule has 5 nitrogen and oxygen atoms in total. The smallest absolute Gasteiger partial charge is 0.220 e. The van der Waals surface area contributed by atoms with E-state index in [1.807, 2.05) is 0 Å². The van der Waals surface area contributed by atoms with Gasteiger partial charge in [0.05, 0.1) is 19.8 Å². The summed E-state index contributed by atoms with van der Waals surface area (Å²) in [5, 5.41) is 2.79. The molecule has 0 bridgehead atoms. The summed E-state index contributed by atoms with van der Waals surface area (Å²) in [5.41, 5.74) is 0.507. The fourth-order valence-corrected chi connectivity index (χ4v) is 2.42. The molecule has 1 aromatic rings. The molecule has 1 N–H and O–H groups in total. The summed E-state index contributed by atoms with van der Waals surface area (Å²) in [4.78, 5) is 24.1. The molecule has 1 atom stereocenters. The van der Waals surface area contributed by atoms with Crippen LogP contribution in [0.2, 0.25) is 0 Å². The number of methoxy groups -OCH3 is 2. The molecule has 1 unspecified atom stereocenters. The van der Waals surface area contributed by atoms with E-state index >= 15 is 0 Å². The standard InChI is InChI=1S/C15H19NO4/c1-19-11-5-6-12(13(9-11)20-2)15(18)10-4-3-7-16-14(17)8-10/h5-6,9-10H,3-4,7-8H2,1-2H3,(H,16,17). The van der Waals surface area contributed by atoms with Gasteiger partial charge in [-0.15, -0.1) is 0 Å². The number of ketones is 1. The Morgan fingerprint density at radius 1 is 1.30 bits per heavy atom. The highest BCUT2D eigenvalue weighted by Gasteiger charge is 2.27. The topological polar surface area (TPSA) is 64.6 Å². The van der Waals surface area contributed by atoms with Crippen molar-refractivity contribution in [1.29, 1.82) is 0 Å². The van der Waals surface area contributed by atoms with Crippen LogP contribution in [0.15, 0.2) is 18.2 Å². The third kappa shape index (κ3) is 3.10. The Kier molecular flexibility index (Phi) is 4.61. The number of carbonyl (C=O) groups excluding carboxylic acids is 2. The number of hydrogen-bond donors (Lipinski definition) is 1. The zero-order chi connectivity index (χ0) is 14.5. The summed E-state index contributed by atoms with van der Waals surface area (Å²) in [6.07, 6.45) is 1.78. The van der Waals surface area contributed by atoms with Crippen LogP contribution >= 0.6 is 0 Å². The van der Waals surface area contributed by atoms with Crippen LogP contribution in [0.1, 0.15) is 29.6 Å². The number of amides is 1. The monoisotopic (exact) mass is 277 g/mol. The van der Waals surface area contributed by atoms with Crippen LogP contribution in [-0.2, 0) is 4.79 Å². The number of carbonyl (C=O) groups is 2. The van der Waals surface area contributed by atoms with E-state index in [1.54, 1.807) is 25.3 Å². The molecule has 1 fully saturated rings. The molecule has 1 aromatic carbocycles. The fraction of sp³-hybridized carbons (Fsp3) is 0.467. The maximum atomic E-state index is 12.6. The SMILES string of the molecule is COc1ccc(C(=O)C2CCCNC(=O)C2)c(OC)c1. The zero-order valence-corrected chi connectivity index (χ0v) is 11.8. The van der Waals surface area contributed by atoms with Gasteiger partial charge in [-0.1, -0.05) is 0 Å². The van der Waals surface area contributed by atoms with Crippen molar-refractivity contribution in [3.63, 3.8) is 0 Å². The number of nitrogens with one attached hydrogen (secondary N) is 1. The van der Waals surface area contributed by atoms with Gasteiger partial charge in [-0.05, 0) is 25.0 Å². The van der Waals surface area contributed by atoms with E-state index in [1.165, 1.54) is 7.11 Å². The maximum absolute atomic E-state index is 12.6. The van der Waals surface area contributed by atoms with E-state index in [0.717, 1.165) is 6.42 Å². The molecule has 0 aromatic heterocycles. The first-order valence-electron chi connectivity index (χ1n) is 6.68. The third-order valence-electron chi connectivity index (χ3n) is 3.53. The fourth-order valence-electron chi connectivity index (χ4n) is 2.42. The van der Waals surface area contributed by atoms with Gasteiger partial charge in [0.2, 0.25) is 5.91 Å². The minimum Gasteiger partial charge on any atom is -0.497 e. The molecule has 1 aliphatic rings. The molecule has 0 radical (unpaired) electrons. The van der Waals surface area contributed by atoms with Crippen LogP contribution in [0.3, 0.4) is 0 Å². The summed E-state index contributed by atoms with van der Waals surface area (Å²) in [5.74, 6) is 0.741. The van der Waals surface area contributed by atoms with Gasteiger partial charge in [0.25, 0.3) is 0 Å². The average molecular weight is 277 g/mol. The summed E-state index contributed by atoms with van der Waals surface area (Å²) >= 11 is 0. The minimum atomic E-state index is -0.278. The molecule has 1 amide bonds. The van der Waals surface area contributed by atoms with E-state index in [9.17, 15) is 9.59 Å². The lowest BCUT2D eigenvalue weighted by Gasteiger charge is -2.15. The highest BCUT2D eigenvalue weighted by atomic mass is 16.5. The van der Waals surface area contributed by atoms with Crippen LogP contribution in [0, 0.1) is 5.92 Å². The Bertz CT molecular complexity index is 513. The molecular weight excluding hydrogens is 258 g/mol. The second-order valence-corrected chi connectivity index (χ2v) is 4.82.